The lowest BCUT2D eigenvalue weighted by atomic mass is 9.67. The maximum absolute atomic E-state index is 14.3. The van der Waals surface area contributed by atoms with Crippen LogP contribution in [0.2, 0.25) is 0 Å². The van der Waals surface area contributed by atoms with E-state index in [1.807, 2.05) is 6.07 Å². The lowest BCUT2D eigenvalue weighted by Crippen LogP contribution is -2.43. The average molecular weight is 535 g/mol. The van der Waals surface area contributed by atoms with Crippen molar-refractivity contribution in [2.75, 3.05) is 20.3 Å². The number of Topliss-reactive ketones (excluding diaryl/α,β-unsaturated/α-hetero) is 1. The van der Waals surface area contributed by atoms with E-state index in [2.05, 4.69) is 5.32 Å². The molecule has 0 spiro atoms. The number of carbonyl (C=O) groups is 3. The number of esters is 2. The molecule has 3 atom stereocenters. The van der Waals surface area contributed by atoms with E-state index in [0.29, 0.717) is 28.3 Å². The maximum atomic E-state index is 14.3. The number of nitro benzene ring substituents is 1. The van der Waals surface area contributed by atoms with Gasteiger partial charge in [-0.1, -0.05) is 30.3 Å². The minimum absolute atomic E-state index is 0.0762. The quantitative estimate of drug-likeness (QED) is 0.227. The summed E-state index contributed by atoms with van der Waals surface area (Å²) in [6.07, 6.45) is 0.240. The zero-order valence-electron chi connectivity index (χ0n) is 22.2. The third kappa shape index (κ3) is 5.14. The number of benzene rings is 2. The van der Waals surface area contributed by atoms with Gasteiger partial charge >= 0.3 is 11.9 Å². The average Bonchev–Trinajstić information content (AvgIpc) is 2.92. The Morgan fingerprint density at radius 3 is 2.46 bits per heavy atom. The number of ketones is 1. The molecule has 2 aliphatic rings. The van der Waals surface area contributed by atoms with E-state index in [1.165, 1.54) is 25.3 Å². The van der Waals surface area contributed by atoms with Crippen molar-refractivity contribution in [3.63, 3.8) is 0 Å². The highest BCUT2D eigenvalue weighted by molar-refractivity contribution is 6.13. The summed E-state index contributed by atoms with van der Waals surface area (Å²) in [6, 6.07) is 13.0. The van der Waals surface area contributed by atoms with Crippen LogP contribution < -0.4 is 10.1 Å². The van der Waals surface area contributed by atoms with E-state index in [-0.39, 0.29) is 36.5 Å². The summed E-state index contributed by atoms with van der Waals surface area (Å²) in [5.74, 6) is -4.15. The molecule has 39 heavy (non-hydrogen) atoms. The molecule has 10 nitrogen and oxygen atoms in total. The predicted octanol–water partition coefficient (Wildman–Crippen LogP) is 4.32. The highest BCUT2D eigenvalue weighted by Gasteiger charge is 2.49. The Kier molecular flexibility index (Phi) is 8.13. The molecule has 0 unspecified atom stereocenters. The van der Waals surface area contributed by atoms with Gasteiger partial charge in [-0.2, -0.15) is 0 Å². The molecule has 2 aromatic rings. The molecule has 0 aromatic heterocycles. The topological polar surface area (TPSA) is 134 Å². The van der Waals surface area contributed by atoms with Crippen molar-refractivity contribution in [3.8, 4) is 5.75 Å². The Hall–Kier alpha value is -4.47. The van der Waals surface area contributed by atoms with Gasteiger partial charge in [-0.05, 0) is 44.4 Å². The number of carbonyl (C=O) groups excluding carboxylic acids is 3. The van der Waals surface area contributed by atoms with Gasteiger partial charge in [0.25, 0.3) is 5.69 Å². The predicted molar refractivity (Wildman–Crippen MR) is 141 cm³/mol. The SMILES string of the molecule is CCOC(=O)C1=C(C)NC2=C(C(=O)[C@H](C(=O)OCC)[C@@H](c3ccccc3OC)C2)[C@@H]1c1cccc([N+](=O)[O-])c1. The number of ether oxygens (including phenoxy) is 3. The normalized spacial score (nSPS) is 20.6. The van der Waals surface area contributed by atoms with Crippen LogP contribution in [0.1, 0.15) is 50.2 Å². The van der Waals surface area contributed by atoms with Crippen LogP contribution in [0, 0.1) is 16.0 Å². The zero-order valence-corrected chi connectivity index (χ0v) is 22.2. The number of rotatable bonds is 8. The van der Waals surface area contributed by atoms with E-state index in [0.717, 1.165) is 0 Å². The van der Waals surface area contributed by atoms with Gasteiger partial charge < -0.3 is 19.5 Å². The first-order chi connectivity index (χ1) is 18.7. The van der Waals surface area contributed by atoms with Crippen LogP contribution in [0.25, 0.3) is 0 Å². The van der Waals surface area contributed by atoms with E-state index in [1.54, 1.807) is 45.0 Å². The van der Waals surface area contributed by atoms with Crippen LogP contribution in [-0.2, 0) is 23.9 Å². The lowest BCUT2D eigenvalue weighted by Gasteiger charge is -2.39. The first kappa shape index (κ1) is 27.6. The number of dihydropyridines is 1. The molecule has 1 aliphatic heterocycles. The molecule has 1 heterocycles. The van der Waals surface area contributed by atoms with Gasteiger partial charge in [-0.15, -0.1) is 0 Å². The van der Waals surface area contributed by atoms with Gasteiger partial charge in [-0.3, -0.25) is 19.7 Å². The van der Waals surface area contributed by atoms with E-state index < -0.39 is 40.4 Å². The van der Waals surface area contributed by atoms with Crippen LogP contribution in [0.3, 0.4) is 0 Å². The zero-order chi connectivity index (χ0) is 28.3. The van der Waals surface area contributed by atoms with Gasteiger partial charge in [0.05, 0.1) is 30.8 Å². The Morgan fingerprint density at radius 1 is 1.08 bits per heavy atom. The number of hydrogen-bond acceptors (Lipinski definition) is 9. The van der Waals surface area contributed by atoms with Gasteiger partial charge in [0.2, 0.25) is 0 Å². The molecule has 1 N–H and O–H groups in total. The van der Waals surface area contributed by atoms with Crippen LogP contribution >= 0.6 is 0 Å². The Balaban J connectivity index is 1.94. The number of allylic oxidation sites excluding steroid dienone is 3. The van der Waals surface area contributed by atoms with E-state index >= 15 is 0 Å². The molecule has 0 saturated heterocycles. The van der Waals surface area contributed by atoms with Crippen LogP contribution in [0.4, 0.5) is 5.69 Å². The third-order valence-corrected chi connectivity index (χ3v) is 7.01. The van der Waals surface area contributed by atoms with Crippen molar-refractivity contribution >= 4 is 23.4 Å². The standard InChI is InChI=1S/C29H30N2O8/c1-5-38-28(33)23-16(3)30-21-15-20(19-12-7-8-13-22(19)37-4)25(29(34)39-6-2)27(32)26(21)24(23)17-10-9-11-18(14-17)31(35)36/h7-14,20,24-25,30H,5-6,15H2,1-4H3/t20-,24-,25-/m1/s1. The fourth-order valence-corrected chi connectivity index (χ4v) is 5.43. The molecule has 204 valence electrons. The summed E-state index contributed by atoms with van der Waals surface area (Å²) in [5, 5.41) is 14.8. The van der Waals surface area contributed by atoms with Gasteiger partial charge in [0.1, 0.15) is 11.7 Å². The van der Waals surface area contributed by atoms with Crippen molar-refractivity contribution in [1.82, 2.24) is 5.32 Å². The molecule has 1 aliphatic carbocycles. The smallest absolute Gasteiger partial charge is 0.336 e. The fraction of sp³-hybridized carbons (Fsp3) is 0.345. The molecule has 2 aromatic carbocycles. The molecule has 0 fully saturated rings. The number of nitrogens with one attached hydrogen (secondary N) is 1. The second-order valence-corrected chi connectivity index (χ2v) is 9.21. The highest BCUT2D eigenvalue weighted by Crippen LogP contribution is 2.49. The summed E-state index contributed by atoms with van der Waals surface area (Å²) in [6.45, 7) is 5.19. The number of methoxy groups -OCH3 is 1. The fourth-order valence-electron chi connectivity index (χ4n) is 5.43. The first-order valence-corrected chi connectivity index (χ1v) is 12.7. The van der Waals surface area contributed by atoms with Gasteiger partial charge in [0, 0.05) is 40.9 Å². The van der Waals surface area contributed by atoms with Crippen molar-refractivity contribution in [1.29, 1.82) is 0 Å². The molecule has 4 rings (SSSR count). The monoisotopic (exact) mass is 534 g/mol. The number of nitro groups is 1. The Bertz CT molecular complexity index is 1390. The van der Waals surface area contributed by atoms with Crippen LogP contribution in [0.15, 0.2) is 71.1 Å². The first-order valence-electron chi connectivity index (χ1n) is 12.7. The maximum Gasteiger partial charge on any atom is 0.336 e. The molecule has 0 radical (unpaired) electrons. The summed E-state index contributed by atoms with van der Waals surface area (Å²) in [5.41, 5.74) is 2.18. The Morgan fingerprint density at radius 2 is 1.79 bits per heavy atom. The summed E-state index contributed by atoms with van der Waals surface area (Å²) < 4.78 is 16.2. The molecular weight excluding hydrogens is 504 g/mol. The molecule has 0 amide bonds. The van der Waals surface area contributed by atoms with Crippen LogP contribution in [0.5, 0.6) is 5.75 Å². The van der Waals surface area contributed by atoms with Crippen LogP contribution in [-0.4, -0.2) is 43.0 Å². The Labute approximate surface area is 225 Å². The van der Waals surface area contributed by atoms with Crippen molar-refractivity contribution in [2.24, 2.45) is 5.92 Å². The number of para-hydroxylation sites is 1. The van der Waals surface area contributed by atoms with Gasteiger partial charge in [-0.25, -0.2) is 4.79 Å². The van der Waals surface area contributed by atoms with Crippen molar-refractivity contribution in [3.05, 3.63) is 92.3 Å². The second kappa shape index (κ2) is 11.5. The summed E-state index contributed by atoms with van der Waals surface area (Å²) in [4.78, 5) is 51.9. The third-order valence-electron chi connectivity index (χ3n) is 7.01. The minimum Gasteiger partial charge on any atom is -0.496 e. The summed E-state index contributed by atoms with van der Waals surface area (Å²) in [7, 11) is 1.52. The lowest BCUT2D eigenvalue weighted by molar-refractivity contribution is -0.384. The second-order valence-electron chi connectivity index (χ2n) is 9.21. The van der Waals surface area contributed by atoms with E-state index in [9.17, 15) is 24.5 Å². The molecule has 0 saturated carbocycles. The largest absolute Gasteiger partial charge is 0.496 e. The summed E-state index contributed by atoms with van der Waals surface area (Å²) >= 11 is 0. The van der Waals surface area contributed by atoms with Crippen molar-refractivity contribution < 1.29 is 33.5 Å². The molecule has 10 heteroatoms. The van der Waals surface area contributed by atoms with E-state index in [4.69, 9.17) is 14.2 Å². The highest BCUT2D eigenvalue weighted by atomic mass is 16.6. The molecular formula is C29H30N2O8. The van der Waals surface area contributed by atoms with Crippen molar-refractivity contribution in [2.45, 2.75) is 39.0 Å². The van der Waals surface area contributed by atoms with Gasteiger partial charge in [0.15, 0.2) is 5.78 Å². The molecule has 0 bridgehead atoms. The number of nitrogens with zero attached hydrogens (tertiary/aromatic N) is 1. The number of non-ortho nitro benzene ring substituents is 1. The minimum atomic E-state index is -1.22. The number of hydrogen-bond donors (Lipinski definition) is 1.